The summed E-state index contributed by atoms with van der Waals surface area (Å²) in [6.07, 6.45) is 0. The summed E-state index contributed by atoms with van der Waals surface area (Å²) < 4.78 is 19.2. The minimum Gasteiger partial charge on any atom is -0.460 e. The Balaban J connectivity index is 0.00000200. The van der Waals surface area contributed by atoms with Crippen LogP contribution in [0, 0.1) is 5.82 Å². The van der Waals surface area contributed by atoms with Gasteiger partial charge in [-0.3, -0.25) is 0 Å². The second-order valence-electron chi connectivity index (χ2n) is 5.14. The topological polar surface area (TPSA) is 45.4 Å². The first-order chi connectivity index (χ1) is 9.02. The molecule has 0 fully saturated rings. The SMILES string of the molecule is CC(C)(CO)NCc1ccc(-c2ccccc2F)o1.Cl. The zero-order chi connectivity index (χ0) is 13.9. The predicted octanol–water partition coefficient (Wildman–Crippen LogP) is 3.37. The maximum atomic E-state index is 13.6. The highest BCUT2D eigenvalue weighted by Gasteiger charge is 2.16. The van der Waals surface area contributed by atoms with E-state index in [-0.39, 0.29) is 30.4 Å². The Morgan fingerprint density at radius 1 is 1.20 bits per heavy atom. The van der Waals surface area contributed by atoms with E-state index in [2.05, 4.69) is 5.32 Å². The normalized spacial score (nSPS) is 11.2. The van der Waals surface area contributed by atoms with Gasteiger partial charge in [-0.1, -0.05) is 12.1 Å². The third-order valence-corrected chi connectivity index (χ3v) is 2.94. The van der Waals surface area contributed by atoms with Crippen LogP contribution in [0.3, 0.4) is 0 Å². The monoisotopic (exact) mass is 299 g/mol. The number of halogens is 2. The molecule has 0 radical (unpaired) electrons. The quantitative estimate of drug-likeness (QED) is 0.890. The van der Waals surface area contributed by atoms with Gasteiger partial charge in [0, 0.05) is 5.54 Å². The zero-order valence-corrected chi connectivity index (χ0v) is 12.3. The Labute approximate surface area is 124 Å². The van der Waals surface area contributed by atoms with Crippen molar-refractivity contribution in [1.82, 2.24) is 5.32 Å². The van der Waals surface area contributed by atoms with E-state index in [9.17, 15) is 4.39 Å². The molecule has 0 spiro atoms. The van der Waals surface area contributed by atoms with E-state index in [4.69, 9.17) is 9.52 Å². The van der Waals surface area contributed by atoms with Gasteiger partial charge in [0.15, 0.2) is 0 Å². The van der Waals surface area contributed by atoms with Crippen molar-refractivity contribution < 1.29 is 13.9 Å². The molecule has 0 amide bonds. The minimum absolute atomic E-state index is 0. The first-order valence-electron chi connectivity index (χ1n) is 6.21. The Morgan fingerprint density at radius 2 is 1.90 bits per heavy atom. The molecular formula is C15H19ClFNO2. The summed E-state index contributed by atoms with van der Waals surface area (Å²) in [5.41, 5.74) is 0.0838. The molecule has 0 atom stereocenters. The van der Waals surface area contributed by atoms with Crippen LogP contribution in [0.25, 0.3) is 11.3 Å². The number of hydrogen-bond acceptors (Lipinski definition) is 3. The molecule has 0 aliphatic rings. The van der Waals surface area contributed by atoms with Crippen LogP contribution in [-0.2, 0) is 6.54 Å². The molecule has 0 aliphatic heterocycles. The number of rotatable bonds is 5. The second kappa shape index (κ2) is 6.88. The van der Waals surface area contributed by atoms with Crippen molar-refractivity contribution in [3.05, 3.63) is 48.0 Å². The van der Waals surface area contributed by atoms with Gasteiger partial charge in [-0.15, -0.1) is 12.4 Å². The van der Waals surface area contributed by atoms with Crippen LogP contribution in [0.1, 0.15) is 19.6 Å². The summed E-state index contributed by atoms with van der Waals surface area (Å²) in [5, 5.41) is 12.3. The highest BCUT2D eigenvalue weighted by molar-refractivity contribution is 5.85. The fourth-order valence-electron chi connectivity index (χ4n) is 1.66. The molecule has 5 heteroatoms. The summed E-state index contributed by atoms with van der Waals surface area (Å²) in [5.74, 6) is 0.920. The lowest BCUT2D eigenvalue weighted by atomic mass is 10.1. The molecule has 0 saturated carbocycles. The van der Waals surface area contributed by atoms with Gasteiger partial charge in [-0.2, -0.15) is 0 Å². The lowest BCUT2D eigenvalue weighted by molar-refractivity contribution is 0.184. The number of benzene rings is 1. The maximum Gasteiger partial charge on any atom is 0.137 e. The molecule has 1 heterocycles. The Morgan fingerprint density at radius 3 is 2.55 bits per heavy atom. The zero-order valence-electron chi connectivity index (χ0n) is 11.5. The summed E-state index contributed by atoms with van der Waals surface area (Å²) in [6.45, 7) is 4.32. The Bertz CT molecular complexity index is 554. The summed E-state index contributed by atoms with van der Waals surface area (Å²) in [6, 6.07) is 10.1. The number of furan rings is 1. The highest BCUT2D eigenvalue weighted by atomic mass is 35.5. The van der Waals surface area contributed by atoms with Crippen molar-refractivity contribution >= 4 is 12.4 Å². The van der Waals surface area contributed by atoms with E-state index in [1.807, 2.05) is 19.9 Å². The van der Waals surface area contributed by atoms with Crippen LogP contribution in [0.4, 0.5) is 4.39 Å². The average Bonchev–Trinajstić information content (AvgIpc) is 2.86. The number of aliphatic hydroxyl groups is 1. The Hall–Kier alpha value is -1.36. The fraction of sp³-hybridized carbons (Fsp3) is 0.333. The molecule has 110 valence electrons. The van der Waals surface area contributed by atoms with Crippen molar-refractivity contribution in [2.75, 3.05) is 6.61 Å². The molecule has 2 rings (SSSR count). The van der Waals surface area contributed by atoms with Crippen molar-refractivity contribution in [2.24, 2.45) is 0 Å². The molecule has 0 saturated heterocycles. The van der Waals surface area contributed by atoms with Crippen LogP contribution in [0.2, 0.25) is 0 Å². The van der Waals surface area contributed by atoms with Gasteiger partial charge < -0.3 is 14.8 Å². The Kier molecular flexibility index (Phi) is 5.74. The summed E-state index contributed by atoms with van der Waals surface area (Å²) >= 11 is 0. The van der Waals surface area contributed by atoms with Gasteiger partial charge in [0.05, 0.1) is 18.7 Å². The smallest absolute Gasteiger partial charge is 0.137 e. The minimum atomic E-state index is -0.370. The fourth-order valence-corrected chi connectivity index (χ4v) is 1.66. The van der Waals surface area contributed by atoms with Gasteiger partial charge in [-0.25, -0.2) is 4.39 Å². The summed E-state index contributed by atoms with van der Waals surface area (Å²) in [7, 11) is 0. The molecule has 0 bridgehead atoms. The molecule has 0 aliphatic carbocycles. The summed E-state index contributed by atoms with van der Waals surface area (Å²) in [4.78, 5) is 0. The van der Waals surface area contributed by atoms with Crippen molar-refractivity contribution in [3.8, 4) is 11.3 Å². The second-order valence-corrected chi connectivity index (χ2v) is 5.14. The predicted molar refractivity (Wildman–Crippen MR) is 79.4 cm³/mol. The number of nitrogens with one attached hydrogen (secondary N) is 1. The molecule has 1 aromatic carbocycles. The van der Waals surface area contributed by atoms with Crippen molar-refractivity contribution in [2.45, 2.75) is 25.9 Å². The van der Waals surface area contributed by atoms with Crippen LogP contribution in [0.15, 0.2) is 40.8 Å². The van der Waals surface area contributed by atoms with Crippen LogP contribution < -0.4 is 5.32 Å². The molecule has 2 N–H and O–H groups in total. The largest absolute Gasteiger partial charge is 0.460 e. The lowest BCUT2D eigenvalue weighted by Crippen LogP contribution is -2.41. The maximum absolute atomic E-state index is 13.6. The molecule has 20 heavy (non-hydrogen) atoms. The molecule has 3 nitrogen and oxygen atoms in total. The van der Waals surface area contributed by atoms with E-state index < -0.39 is 0 Å². The standard InChI is InChI=1S/C15H18FNO2.ClH/c1-15(2,10-18)17-9-11-7-8-14(19-11)12-5-3-4-6-13(12)16;/h3-8,17-18H,9-10H2,1-2H3;1H. The molecule has 1 aromatic heterocycles. The van der Waals surface area contributed by atoms with E-state index in [0.717, 1.165) is 0 Å². The van der Waals surface area contributed by atoms with Crippen molar-refractivity contribution in [1.29, 1.82) is 0 Å². The third-order valence-electron chi connectivity index (χ3n) is 2.94. The van der Waals surface area contributed by atoms with E-state index in [0.29, 0.717) is 23.6 Å². The first kappa shape index (κ1) is 16.7. The molecule has 2 aromatic rings. The van der Waals surface area contributed by atoms with Gasteiger partial charge >= 0.3 is 0 Å². The number of hydrogen-bond donors (Lipinski definition) is 2. The van der Waals surface area contributed by atoms with E-state index in [1.165, 1.54) is 6.07 Å². The van der Waals surface area contributed by atoms with Crippen LogP contribution >= 0.6 is 12.4 Å². The lowest BCUT2D eigenvalue weighted by Gasteiger charge is -2.22. The van der Waals surface area contributed by atoms with E-state index >= 15 is 0 Å². The van der Waals surface area contributed by atoms with Crippen LogP contribution in [-0.4, -0.2) is 17.3 Å². The van der Waals surface area contributed by atoms with Gasteiger partial charge in [0.2, 0.25) is 0 Å². The highest BCUT2D eigenvalue weighted by Crippen LogP contribution is 2.24. The number of aliphatic hydroxyl groups excluding tert-OH is 1. The molecular weight excluding hydrogens is 281 g/mol. The van der Waals surface area contributed by atoms with Gasteiger partial charge in [-0.05, 0) is 38.1 Å². The van der Waals surface area contributed by atoms with Gasteiger partial charge in [0.25, 0.3) is 0 Å². The van der Waals surface area contributed by atoms with Crippen LogP contribution in [0.5, 0.6) is 0 Å². The van der Waals surface area contributed by atoms with Crippen molar-refractivity contribution in [3.63, 3.8) is 0 Å². The molecule has 0 unspecified atom stereocenters. The van der Waals surface area contributed by atoms with E-state index in [1.54, 1.807) is 24.3 Å². The van der Waals surface area contributed by atoms with Gasteiger partial charge in [0.1, 0.15) is 17.3 Å². The average molecular weight is 300 g/mol. The third kappa shape index (κ3) is 4.07. The first-order valence-corrected chi connectivity index (χ1v) is 6.21.